The Morgan fingerprint density at radius 2 is 2.09 bits per heavy atom. The summed E-state index contributed by atoms with van der Waals surface area (Å²) >= 11 is 6.08. The summed E-state index contributed by atoms with van der Waals surface area (Å²) in [5.41, 5.74) is 1.54. The van der Waals surface area contributed by atoms with Crippen molar-refractivity contribution in [3.8, 4) is 5.75 Å². The monoisotopic (exact) mass is 323 g/mol. The number of anilines is 1. The van der Waals surface area contributed by atoms with Crippen molar-refractivity contribution in [3.63, 3.8) is 0 Å². The van der Waals surface area contributed by atoms with Crippen molar-refractivity contribution in [1.29, 1.82) is 0 Å². The number of piperazine rings is 1. The first-order valence-electron chi connectivity index (χ1n) is 7.28. The number of carbonyl (C=O) groups is 1. The van der Waals surface area contributed by atoms with Gasteiger partial charge in [0.2, 0.25) is 0 Å². The molecule has 0 saturated carbocycles. The summed E-state index contributed by atoms with van der Waals surface area (Å²) in [7, 11) is 1.56. The minimum atomic E-state index is -0.113. The van der Waals surface area contributed by atoms with Crippen LogP contribution in [0, 0.1) is 6.92 Å². The number of nitrogens with zero attached hydrogens (tertiary/aromatic N) is 2. The molecule has 0 aliphatic carbocycles. The summed E-state index contributed by atoms with van der Waals surface area (Å²) in [5.74, 6) is 0.564. The van der Waals surface area contributed by atoms with E-state index in [1.807, 2.05) is 24.0 Å². The predicted molar refractivity (Wildman–Crippen MR) is 90.0 cm³/mol. The van der Waals surface area contributed by atoms with E-state index in [-0.39, 0.29) is 6.03 Å². The fraction of sp³-hybridized carbons (Fsp3) is 0.438. The van der Waals surface area contributed by atoms with Gasteiger partial charge in [-0.1, -0.05) is 17.7 Å². The molecule has 0 unspecified atom stereocenters. The highest BCUT2D eigenvalue weighted by molar-refractivity contribution is 6.31. The van der Waals surface area contributed by atoms with Gasteiger partial charge in [0.25, 0.3) is 0 Å². The van der Waals surface area contributed by atoms with E-state index < -0.39 is 0 Å². The van der Waals surface area contributed by atoms with Gasteiger partial charge in [0.05, 0.1) is 12.8 Å². The van der Waals surface area contributed by atoms with Crippen molar-refractivity contribution < 1.29 is 9.53 Å². The molecule has 1 aromatic rings. The SMILES string of the molecule is C=CCN1CCN(C(=O)Nc2cc(C)c(Cl)cc2OC)CC1. The number of aryl methyl sites for hydroxylation is 1. The van der Waals surface area contributed by atoms with Crippen LogP contribution in [-0.2, 0) is 0 Å². The minimum Gasteiger partial charge on any atom is -0.495 e. The number of hydrogen-bond donors (Lipinski definition) is 1. The van der Waals surface area contributed by atoms with E-state index in [0.717, 1.165) is 25.2 Å². The van der Waals surface area contributed by atoms with Gasteiger partial charge in [0, 0.05) is 43.8 Å². The van der Waals surface area contributed by atoms with Gasteiger partial charge >= 0.3 is 6.03 Å². The zero-order valence-electron chi connectivity index (χ0n) is 13.1. The van der Waals surface area contributed by atoms with Crippen LogP contribution in [0.25, 0.3) is 0 Å². The summed E-state index contributed by atoms with van der Waals surface area (Å²) in [4.78, 5) is 16.5. The Labute approximate surface area is 136 Å². The van der Waals surface area contributed by atoms with E-state index in [9.17, 15) is 4.79 Å². The zero-order chi connectivity index (χ0) is 16.1. The minimum absolute atomic E-state index is 0.113. The van der Waals surface area contributed by atoms with Crippen LogP contribution in [0.2, 0.25) is 5.02 Å². The maximum atomic E-state index is 12.4. The second-order valence-electron chi connectivity index (χ2n) is 5.31. The lowest BCUT2D eigenvalue weighted by Gasteiger charge is -2.34. The van der Waals surface area contributed by atoms with Crippen molar-refractivity contribution in [1.82, 2.24) is 9.80 Å². The van der Waals surface area contributed by atoms with E-state index in [0.29, 0.717) is 29.5 Å². The first-order chi connectivity index (χ1) is 10.5. The Balaban J connectivity index is 2.01. The maximum absolute atomic E-state index is 12.4. The number of ether oxygens (including phenoxy) is 1. The zero-order valence-corrected chi connectivity index (χ0v) is 13.8. The lowest BCUT2D eigenvalue weighted by Crippen LogP contribution is -2.49. The van der Waals surface area contributed by atoms with Gasteiger partial charge in [-0.15, -0.1) is 6.58 Å². The van der Waals surface area contributed by atoms with Crippen LogP contribution in [0.4, 0.5) is 10.5 Å². The number of amides is 2. The molecule has 120 valence electrons. The molecule has 1 aliphatic heterocycles. The third kappa shape index (κ3) is 3.93. The van der Waals surface area contributed by atoms with Gasteiger partial charge in [-0.3, -0.25) is 4.90 Å². The van der Waals surface area contributed by atoms with Crippen LogP contribution in [-0.4, -0.2) is 55.7 Å². The number of methoxy groups -OCH3 is 1. The number of hydrogen-bond acceptors (Lipinski definition) is 3. The molecule has 1 aromatic carbocycles. The second-order valence-corrected chi connectivity index (χ2v) is 5.72. The average Bonchev–Trinajstić information content (AvgIpc) is 2.51. The van der Waals surface area contributed by atoms with E-state index in [1.165, 1.54) is 0 Å². The van der Waals surface area contributed by atoms with Gasteiger partial charge in [0.15, 0.2) is 0 Å². The molecule has 1 heterocycles. The summed E-state index contributed by atoms with van der Waals surface area (Å²) in [6.45, 7) is 9.62. The van der Waals surface area contributed by atoms with E-state index in [1.54, 1.807) is 13.2 Å². The Kier molecular flexibility index (Phi) is 5.69. The van der Waals surface area contributed by atoms with E-state index in [2.05, 4.69) is 16.8 Å². The largest absolute Gasteiger partial charge is 0.495 e. The van der Waals surface area contributed by atoms with Crippen LogP contribution in [0.3, 0.4) is 0 Å². The Morgan fingerprint density at radius 3 is 2.68 bits per heavy atom. The number of nitrogens with one attached hydrogen (secondary N) is 1. The predicted octanol–water partition coefficient (Wildman–Crippen LogP) is 2.99. The van der Waals surface area contributed by atoms with E-state index >= 15 is 0 Å². The summed E-state index contributed by atoms with van der Waals surface area (Å²) in [6.07, 6.45) is 1.89. The maximum Gasteiger partial charge on any atom is 0.322 e. The van der Waals surface area contributed by atoms with Crippen molar-refractivity contribution >= 4 is 23.3 Å². The van der Waals surface area contributed by atoms with Crippen LogP contribution in [0.15, 0.2) is 24.8 Å². The fourth-order valence-corrected chi connectivity index (χ4v) is 2.59. The molecular weight excluding hydrogens is 302 g/mol. The lowest BCUT2D eigenvalue weighted by molar-refractivity contribution is 0.155. The molecule has 1 aliphatic rings. The molecule has 0 spiro atoms. The molecule has 2 rings (SSSR count). The van der Waals surface area contributed by atoms with Crippen molar-refractivity contribution in [2.45, 2.75) is 6.92 Å². The number of rotatable bonds is 4. The summed E-state index contributed by atoms with van der Waals surface area (Å²) < 4.78 is 5.28. The average molecular weight is 324 g/mol. The standard InChI is InChI=1S/C16H22ClN3O2/c1-4-5-19-6-8-20(9-7-19)16(21)18-14-10-12(2)13(17)11-15(14)22-3/h4,10-11H,1,5-9H2,2-3H3,(H,18,21). The number of benzene rings is 1. The van der Waals surface area contributed by atoms with Gasteiger partial charge < -0.3 is 15.0 Å². The Bertz CT molecular complexity index is 555. The molecule has 0 atom stereocenters. The number of urea groups is 1. The highest BCUT2D eigenvalue weighted by atomic mass is 35.5. The topological polar surface area (TPSA) is 44.8 Å². The van der Waals surface area contributed by atoms with Crippen LogP contribution in [0.1, 0.15) is 5.56 Å². The van der Waals surface area contributed by atoms with Gasteiger partial charge in [-0.25, -0.2) is 4.79 Å². The smallest absolute Gasteiger partial charge is 0.322 e. The second kappa shape index (κ2) is 7.51. The quantitative estimate of drug-likeness (QED) is 0.866. The third-order valence-corrected chi connectivity index (χ3v) is 4.18. The van der Waals surface area contributed by atoms with Crippen molar-refractivity contribution in [3.05, 3.63) is 35.4 Å². The lowest BCUT2D eigenvalue weighted by atomic mass is 10.2. The third-order valence-electron chi connectivity index (χ3n) is 3.77. The molecule has 0 bridgehead atoms. The Morgan fingerprint density at radius 1 is 1.41 bits per heavy atom. The Hall–Kier alpha value is -1.72. The summed E-state index contributed by atoms with van der Waals surface area (Å²) in [6, 6.07) is 3.43. The molecule has 0 radical (unpaired) electrons. The molecule has 1 N–H and O–H groups in total. The highest BCUT2D eigenvalue weighted by Gasteiger charge is 2.21. The van der Waals surface area contributed by atoms with Crippen molar-refractivity contribution in [2.24, 2.45) is 0 Å². The fourth-order valence-electron chi connectivity index (χ4n) is 2.44. The van der Waals surface area contributed by atoms with Crippen LogP contribution in [0.5, 0.6) is 5.75 Å². The first-order valence-corrected chi connectivity index (χ1v) is 7.66. The number of carbonyl (C=O) groups excluding carboxylic acids is 1. The van der Waals surface area contributed by atoms with Crippen molar-refractivity contribution in [2.75, 3.05) is 45.2 Å². The molecule has 1 fully saturated rings. The molecule has 22 heavy (non-hydrogen) atoms. The first kappa shape index (κ1) is 16.6. The van der Waals surface area contributed by atoms with Crippen LogP contribution >= 0.6 is 11.6 Å². The molecule has 2 amide bonds. The highest BCUT2D eigenvalue weighted by Crippen LogP contribution is 2.31. The molecule has 6 heteroatoms. The van der Waals surface area contributed by atoms with Gasteiger partial charge in [-0.05, 0) is 18.6 Å². The molecule has 0 aromatic heterocycles. The summed E-state index contributed by atoms with van der Waals surface area (Å²) in [5, 5.41) is 3.53. The molecule has 5 nitrogen and oxygen atoms in total. The molecular formula is C16H22ClN3O2. The van der Waals surface area contributed by atoms with Gasteiger partial charge in [-0.2, -0.15) is 0 Å². The molecule has 1 saturated heterocycles. The van der Waals surface area contributed by atoms with Crippen LogP contribution < -0.4 is 10.1 Å². The van der Waals surface area contributed by atoms with E-state index in [4.69, 9.17) is 16.3 Å². The number of halogens is 1. The van der Waals surface area contributed by atoms with Gasteiger partial charge in [0.1, 0.15) is 5.75 Å². The normalized spacial score (nSPS) is 15.5.